The summed E-state index contributed by atoms with van der Waals surface area (Å²) in [6.07, 6.45) is 1.72. The van der Waals surface area contributed by atoms with E-state index < -0.39 is 4.92 Å². The molecule has 0 fully saturated rings. The van der Waals surface area contributed by atoms with E-state index in [1.165, 1.54) is 10.5 Å². The molecule has 30 heavy (non-hydrogen) atoms. The molecule has 0 unspecified atom stereocenters. The number of nitro groups is 1. The van der Waals surface area contributed by atoms with Crippen molar-refractivity contribution in [3.63, 3.8) is 0 Å². The van der Waals surface area contributed by atoms with Crippen LogP contribution in [0.2, 0.25) is 0 Å². The van der Waals surface area contributed by atoms with E-state index >= 15 is 0 Å². The standard InChI is InChI=1S/C22H13BrN4O3/c23-15-11-9-14(10-12-15)20-13-25(18-7-3-4-8-19(18)27(29)30)22-24-17-6-2-1-5-16(17)21(28)26(20)22/h1-13H. The molecule has 0 bridgehead atoms. The van der Waals surface area contributed by atoms with Crippen LogP contribution in [-0.2, 0) is 0 Å². The van der Waals surface area contributed by atoms with E-state index in [9.17, 15) is 14.9 Å². The van der Waals surface area contributed by atoms with E-state index in [4.69, 9.17) is 0 Å². The molecule has 8 heteroatoms. The third-order valence-electron chi connectivity index (χ3n) is 4.94. The molecule has 7 nitrogen and oxygen atoms in total. The first kappa shape index (κ1) is 18.3. The van der Waals surface area contributed by atoms with Gasteiger partial charge in [-0.15, -0.1) is 0 Å². The molecule has 2 aromatic heterocycles. The second-order valence-electron chi connectivity index (χ2n) is 6.71. The minimum Gasteiger partial charge on any atom is -0.278 e. The first-order valence-electron chi connectivity index (χ1n) is 9.07. The molecule has 0 saturated heterocycles. The number of nitro benzene ring substituents is 1. The van der Waals surface area contributed by atoms with Gasteiger partial charge in [-0.1, -0.05) is 52.3 Å². The highest BCUT2D eigenvalue weighted by molar-refractivity contribution is 9.10. The summed E-state index contributed by atoms with van der Waals surface area (Å²) in [7, 11) is 0. The maximum atomic E-state index is 13.4. The molecule has 0 aliphatic rings. The van der Waals surface area contributed by atoms with Crippen LogP contribution in [0.1, 0.15) is 0 Å². The van der Waals surface area contributed by atoms with Gasteiger partial charge in [0.15, 0.2) is 0 Å². The van der Waals surface area contributed by atoms with Gasteiger partial charge in [-0.2, -0.15) is 0 Å². The number of halogens is 1. The van der Waals surface area contributed by atoms with E-state index in [0.29, 0.717) is 28.1 Å². The lowest BCUT2D eigenvalue weighted by Gasteiger charge is -2.06. The minimum absolute atomic E-state index is 0.0697. The Kier molecular flexibility index (Phi) is 4.22. The Morgan fingerprint density at radius 2 is 1.63 bits per heavy atom. The molecule has 5 rings (SSSR count). The number of aromatic nitrogens is 3. The third-order valence-corrected chi connectivity index (χ3v) is 5.47. The Bertz CT molecular complexity index is 1500. The second kappa shape index (κ2) is 6.93. The third kappa shape index (κ3) is 2.81. The lowest BCUT2D eigenvalue weighted by molar-refractivity contribution is -0.384. The highest BCUT2D eigenvalue weighted by atomic mass is 79.9. The quantitative estimate of drug-likeness (QED) is 0.281. The summed E-state index contributed by atoms with van der Waals surface area (Å²) in [5.41, 5.74) is 1.96. The SMILES string of the molecule is O=c1c2ccccc2nc2n(-c3ccccc3[N+](=O)[O-])cc(-c3ccc(Br)cc3)n12. The maximum absolute atomic E-state index is 13.4. The molecular weight excluding hydrogens is 448 g/mol. The van der Waals surface area contributed by atoms with Gasteiger partial charge < -0.3 is 0 Å². The summed E-state index contributed by atoms with van der Waals surface area (Å²) in [4.78, 5) is 29.2. The number of imidazole rings is 1. The van der Waals surface area contributed by atoms with Gasteiger partial charge in [0.1, 0.15) is 5.69 Å². The van der Waals surface area contributed by atoms with Gasteiger partial charge >= 0.3 is 0 Å². The van der Waals surface area contributed by atoms with Gasteiger partial charge in [0, 0.05) is 22.3 Å². The van der Waals surface area contributed by atoms with Crippen molar-refractivity contribution in [1.29, 1.82) is 0 Å². The van der Waals surface area contributed by atoms with Crippen molar-refractivity contribution in [3.8, 4) is 16.9 Å². The summed E-state index contributed by atoms with van der Waals surface area (Å²) >= 11 is 3.42. The molecule has 5 aromatic rings. The molecule has 0 atom stereocenters. The van der Waals surface area contributed by atoms with Crippen LogP contribution in [0.5, 0.6) is 0 Å². The molecule has 0 radical (unpaired) electrons. The molecule has 0 saturated carbocycles. The van der Waals surface area contributed by atoms with Gasteiger partial charge in [0.05, 0.1) is 21.5 Å². The molecule has 0 spiro atoms. The largest absolute Gasteiger partial charge is 0.293 e. The van der Waals surface area contributed by atoms with E-state index in [1.54, 1.807) is 53.2 Å². The summed E-state index contributed by atoms with van der Waals surface area (Å²) in [6, 6.07) is 21.0. The molecule has 0 aliphatic heterocycles. The monoisotopic (exact) mass is 460 g/mol. The van der Waals surface area contributed by atoms with Crippen molar-refractivity contribution in [2.24, 2.45) is 0 Å². The van der Waals surface area contributed by atoms with Crippen LogP contribution in [0.25, 0.3) is 33.6 Å². The van der Waals surface area contributed by atoms with Gasteiger partial charge in [-0.05, 0) is 30.3 Å². The lowest BCUT2D eigenvalue weighted by Crippen LogP contribution is -2.16. The van der Waals surface area contributed by atoms with Gasteiger partial charge in [-0.25, -0.2) is 9.38 Å². The zero-order valence-electron chi connectivity index (χ0n) is 15.4. The van der Waals surface area contributed by atoms with Crippen LogP contribution in [0, 0.1) is 10.1 Å². The van der Waals surface area contributed by atoms with Crippen molar-refractivity contribution >= 4 is 38.3 Å². The number of nitrogens with zero attached hydrogens (tertiary/aromatic N) is 4. The smallest absolute Gasteiger partial charge is 0.278 e. The van der Waals surface area contributed by atoms with Crippen molar-refractivity contribution in [3.05, 3.63) is 104 Å². The van der Waals surface area contributed by atoms with Crippen LogP contribution < -0.4 is 5.56 Å². The van der Waals surface area contributed by atoms with Crippen LogP contribution in [-0.4, -0.2) is 18.9 Å². The Morgan fingerprint density at radius 3 is 2.40 bits per heavy atom. The molecule has 0 aliphatic carbocycles. The predicted octanol–water partition coefficient (Wildman–Crippen LogP) is 4.98. The van der Waals surface area contributed by atoms with Gasteiger partial charge in [-0.3, -0.25) is 19.5 Å². The number of hydrogen-bond acceptors (Lipinski definition) is 4. The second-order valence-corrected chi connectivity index (χ2v) is 7.62. The number of rotatable bonds is 3. The van der Waals surface area contributed by atoms with Crippen LogP contribution in [0.3, 0.4) is 0 Å². The zero-order chi connectivity index (χ0) is 20.8. The Balaban J connectivity index is 1.94. The molecule has 3 aromatic carbocycles. The zero-order valence-corrected chi connectivity index (χ0v) is 17.0. The van der Waals surface area contributed by atoms with Crippen LogP contribution in [0.15, 0.2) is 88.3 Å². The fraction of sp³-hybridized carbons (Fsp3) is 0. The highest BCUT2D eigenvalue weighted by Crippen LogP contribution is 2.29. The molecule has 146 valence electrons. The lowest BCUT2D eigenvalue weighted by atomic mass is 10.1. The first-order chi connectivity index (χ1) is 14.5. The summed E-state index contributed by atoms with van der Waals surface area (Å²) in [5, 5.41) is 12.1. The first-order valence-corrected chi connectivity index (χ1v) is 9.86. The number of benzene rings is 3. The van der Waals surface area contributed by atoms with E-state index in [1.807, 2.05) is 24.3 Å². The number of fused-ring (bicyclic) bond motifs is 2. The fourth-order valence-electron chi connectivity index (χ4n) is 3.56. The van der Waals surface area contributed by atoms with Crippen molar-refractivity contribution in [2.75, 3.05) is 0 Å². The number of para-hydroxylation sites is 3. The predicted molar refractivity (Wildman–Crippen MR) is 118 cm³/mol. The average Bonchev–Trinajstić information content (AvgIpc) is 3.14. The maximum Gasteiger partial charge on any atom is 0.293 e. The molecule has 2 heterocycles. The van der Waals surface area contributed by atoms with Crippen molar-refractivity contribution < 1.29 is 4.92 Å². The fourth-order valence-corrected chi connectivity index (χ4v) is 3.83. The van der Waals surface area contributed by atoms with Crippen molar-refractivity contribution in [2.45, 2.75) is 0 Å². The highest BCUT2D eigenvalue weighted by Gasteiger charge is 2.21. The van der Waals surface area contributed by atoms with Gasteiger partial charge in [0.25, 0.3) is 11.2 Å². The van der Waals surface area contributed by atoms with Crippen LogP contribution in [0.4, 0.5) is 5.69 Å². The Morgan fingerprint density at radius 1 is 0.933 bits per heavy atom. The summed E-state index contributed by atoms with van der Waals surface area (Å²) in [6.45, 7) is 0. The van der Waals surface area contributed by atoms with E-state index in [2.05, 4.69) is 20.9 Å². The Hall–Kier alpha value is -3.78. The van der Waals surface area contributed by atoms with Gasteiger partial charge in [0.2, 0.25) is 5.78 Å². The van der Waals surface area contributed by atoms with Crippen LogP contribution >= 0.6 is 15.9 Å². The molecule has 0 amide bonds. The summed E-state index contributed by atoms with van der Waals surface area (Å²) < 4.78 is 4.01. The Labute approximate surface area is 178 Å². The minimum atomic E-state index is -0.440. The number of hydrogen-bond donors (Lipinski definition) is 0. The normalized spacial score (nSPS) is 11.2. The van der Waals surface area contributed by atoms with E-state index in [-0.39, 0.29) is 11.2 Å². The molecular formula is C22H13BrN4O3. The van der Waals surface area contributed by atoms with E-state index in [0.717, 1.165) is 10.0 Å². The molecule has 0 N–H and O–H groups in total. The van der Waals surface area contributed by atoms with Crippen molar-refractivity contribution in [1.82, 2.24) is 14.0 Å². The summed E-state index contributed by atoms with van der Waals surface area (Å²) in [5.74, 6) is 0.311. The topological polar surface area (TPSA) is 82.4 Å². The average molecular weight is 461 g/mol.